The Morgan fingerprint density at radius 2 is 1.92 bits per heavy atom. The molecule has 4 heterocycles. The third-order valence-electron chi connectivity index (χ3n) is 3.69. The summed E-state index contributed by atoms with van der Waals surface area (Å²) in [5, 5.41) is 2.85. The summed E-state index contributed by atoms with van der Waals surface area (Å²) < 4.78 is 4.04. The summed E-state index contributed by atoms with van der Waals surface area (Å²) in [7, 11) is 1.98. The molecule has 0 unspecified atom stereocenters. The van der Waals surface area contributed by atoms with Crippen LogP contribution >= 0.6 is 11.3 Å². The Kier molecular flexibility index (Phi) is 3.66. The van der Waals surface area contributed by atoms with Crippen molar-refractivity contribution in [1.29, 1.82) is 0 Å². The molecule has 7 nitrogen and oxygen atoms in total. The highest BCUT2D eigenvalue weighted by molar-refractivity contribution is 7.13. The van der Waals surface area contributed by atoms with Gasteiger partial charge in [-0.25, -0.2) is 24.9 Å². The summed E-state index contributed by atoms with van der Waals surface area (Å²) in [6, 6.07) is 1.80. The molecule has 0 atom stereocenters. The van der Waals surface area contributed by atoms with E-state index >= 15 is 0 Å². The molecule has 24 heavy (non-hydrogen) atoms. The highest BCUT2D eigenvalue weighted by Gasteiger charge is 2.13. The van der Waals surface area contributed by atoms with Gasteiger partial charge in [-0.15, -0.1) is 11.3 Å². The van der Waals surface area contributed by atoms with Crippen LogP contribution in [0, 0.1) is 6.92 Å². The molecule has 4 rings (SSSR count). The number of rotatable bonds is 4. The van der Waals surface area contributed by atoms with E-state index in [0.717, 1.165) is 28.0 Å². The summed E-state index contributed by atoms with van der Waals surface area (Å²) >= 11 is 1.54. The van der Waals surface area contributed by atoms with Gasteiger partial charge in [0.2, 0.25) is 0 Å². The second-order valence-corrected chi connectivity index (χ2v) is 6.24. The lowest BCUT2D eigenvalue weighted by Crippen LogP contribution is -2.02. The molecule has 4 aromatic rings. The van der Waals surface area contributed by atoms with E-state index in [1.54, 1.807) is 36.0 Å². The summed E-state index contributed by atoms with van der Waals surface area (Å²) in [6.07, 6.45) is 9.16. The lowest BCUT2D eigenvalue weighted by Gasteiger charge is -2.03. The van der Waals surface area contributed by atoms with Crippen LogP contribution in [0.4, 0.5) is 0 Å². The van der Waals surface area contributed by atoms with E-state index in [-0.39, 0.29) is 0 Å². The van der Waals surface area contributed by atoms with Crippen molar-refractivity contribution in [2.24, 2.45) is 7.05 Å². The molecule has 8 heteroatoms. The van der Waals surface area contributed by atoms with Crippen LogP contribution in [-0.4, -0.2) is 34.1 Å². The smallest absolute Gasteiger partial charge is 0.188 e. The topological polar surface area (TPSA) is 74.3 Å². The average molecular weight is 337 g/mol. The lowest BCUT2D eigenvalue weighted by molar-refractivity contribution is 0.785. The third kappa shape index (κ3) is 2.71. The minimum atomic E-state index is 0.633. The second-order valence-electron chi connectivity index (χ2n) is 5.38. The van der Waals surface area contributed by atoms with E-state index in [1.807, 2.05) is 40.9 Å². The molecule has 0 radical (unpaired) electrons. The van der Waals surface area contributed by atoms with Crippen LogP contribution in [-0.2, 0) is 13.6 Å². The Labute approximate surface area is 142 Å². The quantitative estimate of drug-likeness (QED) is 0.572. The largest absolute Gasteiger partial charge is 0.337 e. The first kappa shape index (κ1) is 14.7. The molecule has 0 bridgehead atoms. The molecule has 0 spiro atoms. The summed E-state index contributed by atoms with van der Waals surface area (Å²) in [4.78, 5) is 22.1. The molecule has 0 amide bonds. The molecular formula is C16H15N7S. The number of hydrogen-bond acceptors (Lipinski definition) is 6. The monoisotopic (exact) mass is 337 g/mol. The van der Waals surface area contributed by atoms with Gasteiger partial charge in [-0.05, 0) is 13.0 Å². The number of hydrogen-bond donors (Lipinski definition) is 0. The fourth-order valence-electron chi connectivity index (χ4n) is 2.40. The molecule has 120 valence electrons. The van der Waals surface area contributed by atoms with Gasteiger partial charge >= 0.3 is 0 Å². The number of aryl methyl sites for hydroxylation is 2. The van der Waals surface area contributed by atoms with Crippen LogP contribution in [0.2, 0.25) is 0 Å². The molecule has 0 aliphatic carbocycles. The molecule has 0 N–H and O–H groups in total. The maximum atomic E-state index is 4.63. The zero-order valence-electron chi connectivity index (χ0n) is 13.3. The fraction of sp³-hybridized carbons (Fsp3) is 0.188. The van der Waals surface area contributed by atoms with Crippen LogP contribution < -0.4 is 0 Å². The van der Waals surface area contributed by atoms with Crippen molar-refractivity contribution in [3.05, 3.63) is 53.9 Å². The highest BCUT2D eigenvalue weighted by atomic mass is 32.1. The number of nitrogens with zero attached hydrogens (tertiary/aromatic N) is 7. The van der Waals surface area contributed by atoms with Crippen LogP contribution in [0.1, 0.15) is 11.5 Å². The van der Waals surface area contributed by atoms with E-state index in [4.69, 9.17) is 0 Å². The number of aromatic nitrogens is 7. The number of imidazole rings is 2. The van der Waals surface area contributed by atoms with Crippen molar-refractivity contribution < 1.29 is 0 Å². The molecular weight excluding hydrogens is 322 g/mol. The Balaban J connectivity index is 1.61. The van der Waals surface area contributed by atoms with Crippen LogP contribution in [0.15, 0.2) is 42.4 Å². The van der Waals surface area contributed by atoms with Crippen molar-refractivity contribution in [3.63, 3.8) is 0 Å². The normalized spacial score (nSPS) is 11.1. The van der Waals surface area contributed by atoms with Gasteiger partial charge in [0.15, 0.2) is 16.7 Å². The molecule has 0 aliphatic rings. The van der Waals surface area contributed by atoms with Gasteiger partial charge in [-0.3, -0.25) is 0 Å². The standard InChI is InChI=1S/C16H15N7S/c1-11-20-13(9-22(11)2)15-19-6-7-23(15)8-12-10-24-16(21-12)14-17-4-3-5-18-14/h3-7,9-10H,8H2,1-2H3. The summed E-state index contributed by atoms with van der Waals surface area (Å²) in [5.41, 5.74) is 1.82. The first-order valence-corrected chi connectivity index (χ1v) is 8.32. The predicted octanol–water partition coefficient (Wildman–Crippen LogP) is 2.55. The summed E-state index contributed by atoms with van der Waals surface area (Å²) in [5.74, 6) is 2.45. The van der Waals surface area contributed by atoms with Gasteiger partial charge in [0.05, 0.1) is 12.2 Å². The van der Waals surface area contributed by atoms with E-state index in [0.29, 0.717) is 12.4 Å². The minimum Gasteiger partial charge on any atom is -0.337 e. The Hall–Kier alpha value is -2.87. The van der Waals surface area contributed by atoms with Gasteiger partial charge in [-0.2, -0.15) is 0 Å². The van der Waals surface area contributed by atoms with Crippen LogP contribution in [0.25, 0.3) is 22.4 Å². The first-order valence-electron chi connectivity index (χ1n) is 7.44. The van der Waals surface area contributed by atoms with Crippen LogP contribution in [0.3, 0.4) is 0 Å². The van der Waals surface area contributed by atoms with Crippen molar-refractivity contribution in [2.75, 3.05) is 0 Å². The van der Waals surface area contributed by atoms with Crippen molar-refractivity contribution in [3.8, 4) is 22.4 Å². The maximum absolute atomic E-state index is 4.63. The van der Waals surface area contributed by atoms with Gasteiger partial charge < -0.3 is 9.13 Å². The predicted molar refractivity (Wildman–Crippen MR) is 91.4 cm³/mol. The molecule has 0 saturated heterocycles. The van der Waals surface area contributed by atoms with Gasteiger partial charge in [-0.1, -0.05) is 0 Å². The Bertz CT molecular complexity index is 948. The molecule has 0 saturated carbocycles. The fourth-order valence-corrected chi connectivity index (χ4v) is 3.16. The zero-order valence-corrected chi connectivity index (χ0v) is 14.1. The van der Waals surface area contributed by atoms with E-state index < -0.39 is 0 Å². The van der Waals surface area contributed by atoms with E-state index in [2.05, 4.69) is 24.9 Å². The maximum Gasteiger partial charge on any atom is 0.188 e. The Morgan fingerprint density at radius 1 is 1.08 bits per heavy atom. The van der Waals surface area contributed by atoms with Crippen molar-refractivity contribution in [1.82, 2.24) is 34.1 Å². The molecule has 0 aromatic carbocycles. The van der Waals surface area contributed by atoms with Crippen molar-refractivity contribution in [2.45, 2.75) is 13.5 Å². The lowest BCUT2D eigenvalue weighted by atomic mass is 10.4. The average Bonchev–Trinajstić information content (AvgIpc) is 3.31. The second kappa shape index (κ2) is 5.97. The molecule has 0 aliphatic heterocycles. The van der Waals surface area contributed by atoms with Crippen LogP contribution in [0.5, 0.6) is 0 Å². The third-order valence-corrected chi connectivity index (χ3v) is 4.58. The molecule has 0 fully saturated rings. The highest BCUT2D eigenvalue weighted by Crippen LogP contribution is 2.22. The number of thiazole rings is 1. The van der Waals surface area contributed by atoms with Gasteiger partial charge in [0.1, 0.15) is 11.5 Å². The zero-order chi connectivity index (χ0) is 16.5. The first-order chi connectivity index (χ1) is 11.7. The minimum absolute atomic E-state index is 0.633. The van der Waals surface area contributed by atoms with Gasteiger partial charge in [0.25, 0.3) is 0 Å². The van der Waals surface area contributed by atoms with E-state index in [1.165, 1.54) is 0 Å². The Morgan fingerprint density at radius 3 is 2.67 bits per heavy atom. The molecule has 4 aromatic heterocycles. The van der Waals surface area contributed by atoms with Gasteiger partial charge in [0, 0.05) is 43.4 Å². The summed E-state index contributed by atoms with van der Waals surface area (Å²) in [6.45, 7) is 2.61. The SMILES string of the molecule is Cc1nc(-c2nccn2Cc2csc(-c3ncccn3)n2)cn1C. The van der Waals surface area contributed by atoms with E-state index in [9.17, 15) is 0 Å². The van der Waals surface area contributed by atoms with Crippen molar-refractivity contribution >= 4 is 11.3 Å².